The third-order valence-corrected chi connectivity index (χ3v) is 4.30. The van der Waals surface area contributed by atoms with Crippen LogP contribution in [0.5, 0.6) is 0 Å². The Balaban J connectivity index is 2.39. The Morgan fingerprint density at radius 2 is 1.63 bits per heavy atom. The molecule has 0 aliphatic rings. The minimum atomic E-state index is -3.90. The summed E-state index contributed by atoms with van der Waals surface area (Å²) in [7, 11) is -3.90. The van der Waals surface area contributed by atoms with Crippen molar-refractivity contribution in [3.8, 4) is 0 Å². The zero-order valence-electron chi connectivity index (χ0n) is 9.40. The molecule has 0 heterocycles. The van der Waals surface area contributed by atoms with Gasteiger partial charge in [-0.25, -0.2) is 17.2 Å². The van der Waals surface area contributed by atoms with Crippen molar-refractivity contribution < 1.29 is 17.2 Å². The van der Waals surface area contributed by atoms with Gasteiger partial charge in [-0.15, -0.1) is 0 Å². The first-order chi connectivity index (χ1) is 8.90. The smallest absolute Gasteiger partial charge is 0.261 e. The third kappa shape index (κ3) is 3.10. The highest BCUT2D eigenvalue weighted by Gasteiger charge is 2.17. The normalized spacial score (nSPS) is 11.3. The molecule has 0 radical (unpaired) electrons. The number of nitrogens with one attached hydrogen (secondary N) is 1. The van der Waals surface area contributed by atoms with E-state index in [4.69, 9.17) is 0 Å². The molecule has 0 aromatic heterocycles. The summed E-state index contributed by atoms with van der Waals surface area (Å²) in [5.74, 6) is -1.79. The Hall–Kier alpha value is -1.47. The monoisotopic (exact) mass is 347 g/mol. The Morgan fingerprint density at radius 3 is 2.26 bits per heavy atom. The zero-order valence-corrected chi connectivity index (χ0v) is 11.8. The van der Waals surface area contributed by atoms with Crippen LogP contribution in [0.3, 0.4) is 0 Å². The zero-order chi connectivity index (χ0) is 14.0. The molecule has 2 rings (SSSR count). The maximum Gasteiger partial charge on any atom is 0.261 e. The summed E-state index contributed by atoms with van der Waals surface area (Å²) in [4.78, 5) is -0.00477. The van der Waals surface area contributed by atoms with Gasteiger partial charge in [0.15, 0.2) is 0 Å². The highest BCUT2D eigenvalue weighted by Crippen LogP contribution is 2.25. The second-order valence-electron chi connectivity index (χ2n) is 3.66. The molecule has 2 aromatic rings. The molecule has 0 saturated carbocycles. The van der Waals surface area contributed by atoms with Crippen molar-refractivity contribution in [1.82, 2.24) is 0 Å². The van der Waals surface area contributed by atoms with Crippen LogP contribution in [0.15, 0.2) is 51.8 Å². The highest BCUT2D eigenvalue weighted by molar-refractivity contribution is 9.10. The molecule has 19 heavy (non-hydrogen) atoms. The molecule has 0 bridgehead atoms. The van der Waals surface area contributed by atoms with Crippen LogP contribution < -0.4 is 4.72 Å². The molecular weight excluding hydrogens is 340 g/mol. The molecule has 2 aromatic carbocycles. The highest BCUT2D eigenvalue weighted by atomic mass is 79.9. The Bertz CT molecular complexity index is 705. The van der Waals surface area contributed by atoms with Crippen molar-refractivity contribution in [1.29, 1.82) is 0 Å². The standard InChI is InChI=1S/C12H8BrF2NO2S/c13-9-6-12(11(15)7-10(9)14)16-19(17,18)8-4-2-1-3-5-8/h1-7,16H. The average Bonchev–Trinajstić information content (AvgIpc) is 2.37. The first-order valence-corrected chi connectivity index (χ1v) is 7.40. The summed E-state index contributed by atoms with van der Waals surface area (Å²) in [5, 5.41) is 0. The van der Waals surface area contributed by atoms with E-state index in [1.54, 1.807) is 18.2 Å². The number of sulfonamides is 1. The second-order valence-corrected chi connectivity index (χ2v) is 6.20. The molecule has 0 unspecified atom stereocenters. The molecule has 0 saturated heterocycles. The molecule has 0 aliphatic carbocycles. The SMILES string of the molecule is O=S(=O)(Nc1cc(Br)c(F)cc1F)c1ccccc1. The van der Waals surface area contributed by atoms with E-state index in [0.717, 1.165) is 6.07 Å². The number of anilines is 1. The molecule has 0 aliphatic heterocycles. The lowest BCUT2D eigenvalue weighted by Gasteiger charge is -2.09. The van der Waals surface area contributed by atoms with Gasteiger partial charge in [0.1, 0.15) is 11.6 Å². The summed E-state index contributed by atoms with van der Waals surface area (Å²) in [5.41, 5.74) is -0.322. The Kier molecular flexibility index (Phi) is 3.86. The minimum Gasteiger partial charge on any atom is -0.277 e. The van der Waals surface area contributed by atoms with Gasteiger partial charge >= 0.3 is 0 Å². The van der Waals surface area contributed by atoms with E-state index in [1.807, 2.05) is 0 Å². The maximum atomic E-state index is 13.5. The van der Waals surface area contributed by atoms with E-state index < -0.39 is 21.7 Å². The number of hydrogen-bond donors (Lipinski definition) is 1. The van der Waals surface area contributed by atoms with E-state index in [9.17, 15) is 17.2 Å². The topological polar surface area (TPSA) is 46.2 Å². The molecule has 0 fully saturated rings. The van der Waals surface area contributed by atoms with E-state index in [1.165, 1.54) is 12.1 Å². The first kappa shape index (κ1) is 14.0. The van der Waals surface area contributed by atoms with Gasteiger partial charge in [0.25, 0.3) is 10.0 Å². The van der Waals surface area contributed by atoms with Crippen LogP contribution in [0.4, 0.5) is 14.5 Å². The fraction of sp³-hybridized carbons (Fsp3) is 0. The Labute approximate surface area is 117 Å². The van der Waals surface area contributed by atoms with Gasteiger partial charge in [0, 0.05) is 6.07 Å². The van der Waals surface area contributed by atoms with Gasteiger partial charge in [-0.2, -0.15) is 0 Å². The summed E-state index contributed by atoms with van der Waals surface area (Å²) < 4.78 is 52.5. The van der Waals surface area contributed by atoms with Gasteiger partial charge in [0.05, 0.1) is 15.1 Å². The fourth-order valence-electron chi connectivity index (χ4n) is 1.40. The van der Waals surface area contributed by atoms with Crippen molar-refractivity contribution in [2.24, 2.45) is 0 Å². The lowest BCUT2D eigenvalue weighted by Crippen LogP contribution is -2.14. The lowest BCUT2D eigenvalue weighted by molar-refractivity contribution is 0.579. The van der Waals surface area contributed by atoms with Crippen LogP contribution in [0.25, 0.3) is 0 Å². The minimum absolute atomic E-state index is 0.00477. The van der Waals surface area contributed by atoms with Crippen molar-refractivity contribution >= 4 is 31.6 Å². The molecule has 100 valence electrons. The van der Waals surface area contributed by atoms with Crippen LogP contribution >= 0.6 is 15.9 Å². The van der Waals surface area contributed by atoms with Gasteiger partial charge in [-0.1, -0.05) is 18.2 Å². The number of hydrogen-bond acceptors (Lipinski definition) is 2. The van der Waals surface area contributed by atoms with Gasteiger partial charge in [-0.3, -0.25) is 4.72 Å². The summed E-state index contributed by atoms with van der Waals surface area (Å²) >= 11 is 2.87. The largest absolute Gasteiger partial charge is 0.277 e. The van der Waals surface area contributed by atoms with Crippen LogP contribution in [-0.4, -0.2) is 8.42 Å². The van der Waals surface area contributed by atoms with Gasteiger partial charge in [-0.05, 0) is 34.1 Å². The van der Waals surface area contributed by atoms with Crippen LogP contribution in [-0.2, 0) is 10.0 Å². The molecule has 3 nitrogen and oxygen atoms in total. The van der Waals surface area contributed by atoms with Gasteiger partial charge < -0.3 is 0 Å². The van der Waals surface area contributed by atoms with Crippen LogP contribution in [0, 0.1) is 11.6 Å². The molecule has 0 atom stereocenters. The van der Waals surface area contributed by atoms with E-state index in [2.05, 4.69) is 20.7 Å². The maximum absolute atomic E-state index is 13.5. The van der Waals surface area contributed by atoms with Crippen LogP contribution in [0.1, 0.15) is 0 Å². The molecule has 0 amide bonds. The summed E-state index contributed by atoms with van der Waals surface area (Å²) in [6.07, 6.45) is 0. The predicted molar refractivity (Wildman–Crippen MR) is 71.3 cm³/mol. The van der Waals surface area contributed by atoms with E-state index >= 15 is 0 Å². The van der Waals surface area contributed by atoms with E-state index in [-0.39, 0.29) is 15.1 Å². The quantitative estimate of drug-likeness (QED) is 0.863. The number of benzene rings is 2. The van der Waals surface area contributed by atoms with E-state index in [0.29, 0.717) is 6.07 Å². The lowest BCUT2D eigenvalue weighted by atomic mass is 10.3. The van der Waals surface area contributed by atoms with Crippen molar-refractivity contribution in [2.75, 3.05) is 4.72 Å². The first-order valence-electron chi connectivity index (χ1n) is 5.12. The molecule has 7 heteroatoms. The van der Waals surface area contributed by atoms with Crippen molar-refractivity contribution in [2.45, 2.75) is 4.90 Å². The third-order valence-electron chi connectivity index (χ3n) is 2.31. The summed E-state index contributed by atoms with van der Waals surface area (Å²) in [6, 6.07) is 9.14. The number of rotatable bonds is 3. The Morgan fingerprint density at radius 1 is 1.00 bits per heavy atom. The molecular formula is C12H8BrF2NO2S. The predicted octanol–water partition coefficient (Wildman–Crippen LogP) is 3.53. The molecule has 1 N–H and O–H groups in total. The molecule has 0 spiro atoms. The fourth-order valence-corrected chi connectivity index (χ4v) is 2.83. The van der Waals surface area contributed by atoms with Crippen molar-refractivity contribution in [3.05, 3.63) is 58.6 Å². The van der Waals surface area contributed by atoms with Gasteiger partial charge in [0.2, 0.25) is 0 Å². The number of halogens is 3. The van der Waals surface area contributed by atoms with Crippen molar-refractivity contribution in [3.63, 3.8) is 0 Å². The van der Waals surface area contributed by atoms with Crippen LogP contribution in [0.2, 0.25) is 0 Å². The average molecular weight is 348 g/mol. The second kappa shape index (κ2) is 5.26. The summed E-state index contributed by atoms with van der Waals surface area (Å²) in [6.45, 7) is 0.